The summed E-state index contributed by atoms with van der Waals surface area (Å²) in [5.74, 6) is -0.188. The maximum absolute atomic E-state index is 11.5. The van der Waals surface area contributed by atoms with Gasteiger partial charge in [-0.2, -0.15) is 0 Å². The zero-order valence-electron chi connectivity index (χ0n) is 11.4. The van der Waals surface area contributed by atoms with Gasteiger partial charge in [-0.1, -0.05) is 6.92 Å². The van der Waals surface area contributed by atoms with Gasteiger partial charge >= 0.3 is 5.97 Å². The van der Waals surface area contributed by atoms with Crippen LogP contribution in [0.3, 0.4) is 0 Å². The molecule has 2 aliphatic heterocycles. The number of methoxy groups -OCH3 is 1. The van der Waals surface area contributed by atoms with Crippen LogP contribution in [0.25, 0.3) is 0 Å². The van der Waals surface area contributed by atoms with Crippen molar-refractivity contribution >= 4 is 5.97 Å². The van der Waals surface area contributed by atoms with E-state index in [4.69, 9.17) is 9.47 Å². The van der Waals surface area contributed by atoms with Crippen LogP contribution in [0.5, 0.6) is 0 Å². The van der Waals surface area contributed by atoms with Crippen LogP contribution in [0, 0.1) is 0 Å². The summed E-state index contributed by atoms with van der Waals surface area (Å²) in [7, 11) is 1.43. The molecule has 0 saturated carbocycles. The number of hydrogen-bond donors (Lipinski definition) is 1. The van der Waals surface area contributed by atoms with Crippen LogP contribution < -0.4 is 5.32 Å². The summed E-state index contributed by atoms with van der Waals surface area (Å²) in [4.78, 5) is 14.0. The summed E-state index contributed by atoms with van der Waals surface area (Å²) in [5.41, 5.74) is 0. The van der Waals surface area contributed by atoms with E-state index in [1.165, 1.54) is 26.5 Å². The molecule has 0 aromatic carbocycles. The van der Waals surface area contributed by atoms with Crippen LogP contribution in [-0.2, 0) is 14.3 Å². The van der Waals surface area contributed by atoms with Crippen LogP contribution in [0.4, 0.5) is 0 Å². The highest BCUT2D eigenvalue weighted by Gasteiger charge is 2.32. The van der Waals surface area contributed by atoms with E-state index in [9.17, 15) is 4.79 Å². The molecular formula is C13H24N2O3. The van der Waals surface area contributed by atoms with Gasteiger partial charge in [0.2, 0.25) is 0 Å². The average Bonchev–Trinajstić information content (AvgIpc) is 2.86. The van der Waals surface area contributed by atoms with E-state index in [0.29, 0.717) is 6.04 Å². The van der Waals surface area contributed by atoms with Crippen LogP contribution >= 0.6 is 0 Å². The number of esters is 1. The number of carbonyl (C=O) groups is 1. The molecule has 0 amide bonds. The van der Waals surface area contributed by atoms with Gasteiger partial charge in [0.1, 0.15) is 6.04 Å². The molecule has 0 spiro atoms. The number of carbonyl (C=O) groups excluding carboxylic acids is 1. The third kappa shape index (κ3) is 3.22. The predicted octanol–water partition coefficient (Wildman–Crippen LogP) is 0.391. The Hall–Kier alpha value is -0.650. The molecule has 0 aromatic rings. The van der Waals surface area contributed by atoms with Crippen molar-refractivity contribution in [3.05, 3.63) is 0 Å². The molecule has 3 unspecified atom stereocenters. The molecule has 5 heteroatoms. The number of fused-ring (bicyclic) bond motifs is 1. The molecule has 5 nitrogen and oxygen atoms in total. The van der Waals surface area contributed by atoms with Gasteiger partial charge in [0.05, 0.1) is 19.8 Å². The molecule has 2 aliphatic rings. The number of ether oxygens (including phenoxy) is 2. The lowest BCUT2D eigenvalue weighted by Crippen LogP contribution is -2.51. The second-order valence-electron chi connectivity index (χ2n) is 5.14. The van der Waals surface area contributed by atoms with Crippen molar-refractivity contribution in [2.45, 2.75) is 44.4 Å². The second-order valence-corrected chi connectivity index (χ2v) is 5.14. The quantitative estimate of drug-likeness (QED) is 0.721. The van der Waals surface area contributed by atoms with Gasteiger partial charge < -0.3 is 14.8 Å². The van der Waals surface area contributed by atoms with Gasteiger partial charge in [-0.05, 0) is 25.8 Å². The van der Waals surface area contributed by atoms with Crippen LogP contribution in [0.2, 0.25) is 0 Å². The number of hydrogen-bond acceptors (Lipinski definition) is 5. The highest BCUT2D eigenvalue weighted by atomic mass is 16.5. The lowest BCUT2D eigenvalue weighted by molar-refractivity contribution is -0.143. The fraction of sp³-hybridized carbons (Fsp3) is 0.923. The van der Waals surface area contributed by atoms with Gasteiger partial charge in [-0.3, -0.25) is 9.69 Å². The Balaban J connectivity index is 1.74. The Morgan fingerprint density at radius 3 is 3.17 bits per heavy atom. The van der Waals surface area contributed by atoms with Crippen LogP contribution in [0.1, 0.15) is 26.2 Å². The zero-order valence-corrected chi connectivity index (χ0v) is 11.4. The fourth-order valence-corrected chi connectivity index (χ4v) is 2.82. The fourth-order valence-electron chi connectivity index (χ4n) is 2.82. The molecule has 18 heavy (non-hydrogen) atoms. The van der Waals surface area contributed by atoms with Gasteiger partial charge in [0, 0.05) is 19.1 Å². The number of rotatable bonds is 5. The Bertz CT molecular complexity index is 285. The van der Waals surface area contributed by atoms with Gasteiger partial charge in [-0.25, -0.2) is 0 Å². The summed E-state index contributed by atoms with van der Waals surface area (Å²) in [5, 5.41) is 3.24. The molecule has 104 valence electrons. The van der Waals surface area contributed by atoms with Crippen molar-refractivity contribution in [1.82, 2.24) is 10.2 Å². The van der Waals surface area contributed by atoms with E-state index in [0.717, 1.165) is 26.1 Å². The molecule has 2 saturated heterocycles. The summed E-state index contributed by atoms with van der Waals surface area (Å²) in [6, 6.07) is 0.415. The average molecular weight is 256 g/mol. The van der Waals surface area contributed by atoms with E-state index in [-0.39, 0.29) is 18.1 Å². The minimum atomic E-state index is -0.213. The molecule has 0 aliphatic carbocycles. The number of nitrogens with one attached hydrogen (secondary N) is 1. The van der Waals surface area contributed by atoms with Crippen molar-refractivity contribution in [3.63, 3.8) is 0 Å². The molecule has 0 aromatic heterocycles. The topological polar surface area (TPSA) is 50.8 Å². The van der Waals surface area contributed by atoms with Crippen LogP contribution in [-0.4, -0.2) is 62.4 Å². The second kappa shape index (κ2) is 6.50. The minimum Gasteiger partial charge on any atom is -0.468 e. The minimum absolute atomic E-state index is 0.188. The Kier molecular flexibility index (Phi) is 4.97. The normalized spacial score (nSPS) is 29.9. The predicted molar refractivity (Wildman–Crippen MR) is 68.4 cm³/mol. The molecule has 0 bridgehead atoms. The summed E-state index contributed by atoms with van der Waals surface area (Å²) in [6.45, 7) is 5.71. The molecule has 3 atom stereocenters. The summed E-state index contributed by atoms with van der Waals surface area (Å²) < 4.78 is 10.6. The first-order chi connectivity index (χ1) is 8.74. The van der Waals surface area contributed by atoms with E-state index in [1.807, 2.05) is 6.92 Å². The van der Waals surface area contributed by atoms with Crippen molar-refractivity contribution in [2.75, 3.05) is 33.4 Å². The first kappa shape index (κ1) is 13.8. The van der Waals surface area contributed by atoms with Crippen molar-refractivity contribution in [2.24, 2.45) is 0 Å². The highest BCUT2D eigenvalue weighted by molar-refractivity contribution is 5.75. The molecule has 2 fully saturated rings. The molecule has 2 rings (SSSR count). The van der Waals surface area contributed by atoms with E-state index in [1.54, 1.807) is 0 Å². The van der Waals surface area contributed by atoms with E-state index < -0.39 is 0 Å². The van der Waals surface area contributed by atoms with Gasteiger partial charge in [-0.15, -0.1) is 0 Å². The van der Waals surface area contributed by atoms with E-state index in [2.05, 4.69) is 10.2 Å². The zero-order chi connectivity index (χ0) is 13.0. The highest BCUT2D eigenvalue weighted by Crippen LogP contribution is 2.22. The first-order valence-corrected chi connectivity index (χ1v) is 6.91. The monoisotopic (exact) mass is 256 g/mol. The Labute approximate surface area is 109 Å². The molecule has 1 N–H and O–H groups in total. The smallest absolute Gasteiger partial charge is 0.322 e. The lowest BCUT2D eigenvalue weighted by Gasteiger charge is -2.35. The third-order valence-corrected chi connectivity index (χ3v) is 3.95. The summed E-state index contributed by atoms with van der Waals surface area (Å²) >= 11 is 0. The summed E-state index contributed by atoms with van der Waals surface area (Å²) in [6.07, 6.45) is 3.48. The van der Waals surface area contributed by atoms with Crippen molar-refractivity contribution < 1.29 is 14.3 Å². The standard InChI is InChI=1S/C13H24N2O3/c1-3-12(13(16)17-2)14-7-11-8-15-6-4-5-10(15)9-18-11/h10-12,14H,3-9H2,1-2H3. The SMILES string of the molecule is CCC(NCC1CN2CCCC2CO1)C(=O)OC. The molecule has 0 radical (unpaired) electrons. The van der Waals surface area contributed by atoms with E-state index >= 15 is 0 Å². The van der Waals surface area contributed by atoms with Crippen LogP contribution in [0.15, 0.2) is 0 Å². The van der Waals surface area contributed by atoms with Crippen molar-refractivity contribution in [3.8, 4) is 0 Å². The van der Waals surface area contributed by atoms with Gasteiger partial charge in [0.15, 0.2) is 0 Å². The lowest BCUT2D eigenvalue weighted by atomic mass is 10.1. The Morgan fingerprint density at radius 1 is 1.61 bits per heavy atom. The number of nitrogens with zero attached hydrogens (tertiary/aromatic N) is 1. The molecule has 2 heterocycles. The molecular weight excluding hydrogens is 232 g/mol. The Morgan fingerprint density at radius 2 is 2.44 bits per heavy atom. The number of morpholine rings is 1. The van der Waals surface area contributed by atoms with Crippen molar-refractivity contribution in [1.29, 1.82) is 0 Å². The first-order valence-electron chi connectivity index (χ1n) is 6.91. The largest absolute Gasteiger partial charge is 0.468 e. The maximum Gasteiger partial charge on any atom is 0.322 e. The maximum atomic E-state index is 11.5. The third-order valence-electron chi connectivity index (χ3n) is 3.95. The van der Waals surface area contributed by atoms with Gasteiger partial charge in [0.25, 0.3) is 0 Å².